The number of hydrogen-bond donors (Lipinski definition) is 1. The summed E-state index contributed by atoms with van der Waals surface area (Å²) in [5.74, 6) is -1.13. The Bertz CT molecular complexity index is 697. The number of sulfonamides is 1. The van der Waals surface area contributed by atoms with E-state index >= 15 is 0 Å². The molecule has 0 aromatic heterocycles. The van der Waals surface area contributed by atoms with E-state index in [1.165, 1.54) is 16.4 Å². The first kappa shape index (κ1) is 16.5. The quantitative estimate of drug-likeness (QED) is 0.880. The highest BCUT2D eigenvalue weighted by Gasteiger charge is 2.37. The van der Waals surface area contributed by atoms with Gasteiger partial charge in [0, 0.05) is 17.6 Å². The summed E-state index contributed by atoms with van der Waals surface area (Å²) in [4.78, 5) is 11.3. The van der Waals surface area contributed by atoms with Gasteiger partial charge in [-0.1, -0.05) is 29.8 Å². The van der Waals surface area contributed by atoms with Crippen molar-refractivity contribution in [2.45, 2.75) is 32.1 Å². The van der Waals surface area contributed by atoms with Gasteiger partial charge in [-0.2, -0.15) is 4.31 Å². The molecule has 0 bridgehead atoms. The predicted octanol–water partition coefficient (Wildman–Crippen LogP) is 2.88. The lowest BCUT2D eigenvalue weighted by molar-refractivity contribution is 0.0695. The standard InChI is InChI=1S/C14H18BrNO4S/c1-9-11(13(17)18)6-10(7-12(9)15)21(19,20)16-5-4-14(2,3)8-16/h6-7H,4-5,8H2,1-3H3,(H,17,18). The van der Waals surface area contributed by atoms with E-state index in [9.17, 15) is 18.3 Å². The van der Waals surface area contributed by atoms with Crippen molar-refractivity contribution in [2.75, 3.05) is 13.1 Å². The van der Waals surface area contributed by atoms with E-state index in [1.54, 1.807) is 6.92 Å². The van der Waals surface area contributed by atoms with Crippen LogP contribution in [0.25, 0.3) is 0 Å². The highest BCUT2D eigenvalue weighted by atomic mass is 79.9. The van der Waals surface area contributed by atoms with E-state index < -0.39 is 16.0 Å². The second-order valence-corrected chi connectivity index (χ2v) is 8.93. The van der Waals surface area contributed by atoms with Gasteiger partial charge >= 0.3 is 5.97 Å². The van der Waals surface area contributed by atoms with Crippen LogP contribution in [0.15, 0.2) is 21.5 Å². The van der Waals surface area contributed by atoms with E-state index in [0.717, 1.165) is 6.42 Å². The van der Waals surface area contributed by atoms with Gasteiger partial charge in [0.2, 0.25) is 10.0 Å². The van der Waals surface area contributed by atoms with Crippen molar-refractivity contribution in [3.05, 3.63) is 27.7 Å². The van der Waals surface area contributed by atoms with Crippen molar-refractivity contribution in [3.8, 4) is 0 Å². The Hall–Kier alpha value is -0.920. The Labute approximate surface area is 133 Å². The normalized spacial score (nSPS) is 18.9. The molecule has 1 aliphatic heterocycles. The molecule has 0 aliphatic carbocycles. The highest BCUT2D eigenvalue weighted by Crippen LogP contribution is 2.34. The molecule has 0 radical (unpaired) electrons. The lowest BCUT2D eigenvalue weighted by Gasteiger charge is -2.20. The maximum Gasteiger partial charge on any atom is 0.336 e. The number of carboxylic acid groups (broad SMARTS) is 1. The van der Waals surface area contributed by atoms with Crippen molar-refractivity contribution in [2.24, 2.45) is 5.41 Å². The van der Waals surface area contributed by atoms with E-state index in [1.807, 2.05) is 13.8 Å². The SMILES string of the molecule is Cc1c(Br)cc(S(=O)(=O)N2CCC(C)(C)C2)cc1C(=O)O. The van der Waals surface area contributed by atoms with Crippen molar-refractivity contribution in [1.29, 1.82) is 0 Å². The summed E-state index contributed by atoms with van der Waals surface area (Å²) in [5, 5.41) is 9.20. The summed E-state index contributed by atoms with van der Waals surface area (Å²) in [7, 11) is -3.67. The van der Waals surface area contributed by atoms with Crippen LogP contribution in [0.5, 0.6) is 0 Å². The van der Waals surface area contributed by atoms with E-state index in [4.69, 9.17) is 0 Å². The zero-order valence-corrected chi connectivity index (χ0v) is 14.6. The molecule has 1 N–H and O–H groups in total. The number of halogens is 1. The largest absolute Gasteiger partial charge is 0.478 e. The Morgan fingerprint density at radius 2 is 2.00 bits per heavy atom. The minimum absolute atomic E-state index is 0.00130. The number of aromatic carboxylic acids is 1. The predicted molar refractivity (Wildman–Crippen MR) is 83.0 cm³/mol. The van der Waals surface area contributed by atoms with Gasteiger partial charge in [-0.15, -0.1) is 0 Å². The maximum absolute atomic E-state index is 12.7. The molecule has 0 atom stereocenters. The van der Waals surface area contributed by atoms with Crippen LogP contribution in [0.1, 0.15) is 36.2 Å². The molecule has 1 saturated heterocycles. The maximum atomic E-state index is 12.7. The average Bonchev–Trinajstić information content (AvgIpc) is 2.73. The summed E-state index contributed by atoms with van der Waals surface area (Å²) < 4.78 is 27.3. The molecule has 0 unspecified atom stereocenters. The number of hydrogen-bond acceptors (Lipinski definition) is 3. The molecule has 5 nitrogen and oxygen atoms in total. The topological polar surface area (TPSA) is 74.7 Å². The van der Waals surface area contributed by atoms with Gasteiger partial charge in [-0.3, -0.25) is 0 Å². The van der Waals surface area contributed by atoms with Crippen molar-refractivity contribution < 1.29 is 18.3 Å². The molecule has 0 spiro atoms. The number of nitrogens with zero attached hydrogens (tertiary/aromatic N) is 1. The summed E-state index contributed by atoms with van der Waals surface area (Å²) >= 11 is 3.24. The number of benzene rings is 1. The van der Waals surface area contributed by atoms with Crippen LogP contribution < -0.4 is 0 Å². The first-order valence-corrected chi connectivity index (χ1v) is 8.81. The fraction of sp³-hybridized carbons (Fsp3) is 0.500. The summed E-state index contributed by atoms with van der Waals surface area (Å²) in [6, 6.07) is 2.71. The lowest BCUT2D eigenvalue weighted by Crippen LogP contribution is -2.30. The van der Waals surface area contributed by atoms with Gasteiger partial charge in [0.25, 0.3) is 0 Å². The molecular formula is C14H18BrNO4S. The first-order valence-electron chi connectivity index (χ1n) is 6.58. The van der Waals surface area contributed by atoms with Crippen LogP contribution in [0, 0.1) is 12.3 Å². The summed E-state index contributed by atoms with van der Waals surface area (Å²) in [6.45, 7) is 6.60. The molecule has 1 aliphatic rings. The van der Waals surface area contributed by atoms with Crippen molar-refractivity contribution >= 4 is 31.9 Å². The fourth-order valence-electron chi connectivity index (χ4n) is 2.44. The second-order valence-electron chi connectivity index (χ2n) is 6.14. The minimum Gasteiger partial charge on any atom is -0.478 e. The van der Waals surface area contributed by atoms with Crippen LogP contribution in [0.4, 0.5) is 0 Å². The molecule has 0 amide bonds. The summed E-state index contributed by atoms with van der Waals surface area (Å²) in [5.41, 5.74) is 0.467. The van der Waals surface area contributed by atoms with Gasteiger partial charge in [-0.25, -0.2) is 13.2 Å². The zero-order chi connectivity index (χ0) is 16.0. The highest BCUT2D eigenvalue weighted by molar-refractivity contribution is 9.10. The third-order valence-electron chi connectivity index (χ3n) is 3.83. The Kier molecular flexibility index (Phi) is 4.21. The molecule has 2 rings (SSSR count). The average molecular weight is 376 g/mol. The second kappa shape index (κ2) is 5.37. The van der Waals surface area contributed by atoms with Crippen molar-refractivity contribution in [3.63, 3.8) is 0 Å². The van der Waals surface area contributed by atoms with Crippen LogP contribution in [0.2, 0.25) is 0 Å². The Morgan fingerprint density at radius 3 is 2.48 bits per heavy atom. The van der Waals surface area contributed by atoms with E-state index in [0.29, 0.717) is 23.1 Å². The third-order valence-corrected chi connectivity index (χ3v) is 6.47. The lowest BCUT2D eigenvalue weighted by atomic mass is 9.93. The van der Waals surface area contributed by atoms with E-state index in [-0.39, 0.29) is 15.9 Å². The molecule has 7 heteroatoms. The molecule has 0 saturated carbocycles. The molecule has 1 heterocycles. The van der Waals surface area contributed by atoms with Crippen LogP contribution in [-0.2, 0) is 10.0 Å². The molecule has 116 valence electrons. The molecule has 1 aromatic rings. The van der Waals surface area contributed by atoms with Crippen molar-refractivity contribution in [1.82, 2.24) is 4.31 Å². The minimum atomic E-state index is -3.67. The van der Waals surface area contributed by atoms with Crippen LogP contribution >= 0.6 is 15.9 Å². The van der Waals surface area contributed by atoms with Gasteiger partial charge < -0.3 is 5.11 Å². The monoisotopic (exact) mass is 375 g/mol. The van der Waals surface area contributed by atoms with Crippen LogP contribution in [-0.4, -0.2) is 36.9 Å². The van der Waals surface area contributed by atoms with Gasteiger partial charge in [0.15, 0.2) is 0 Å². The fourth-order valence-corrected chi connectivity index (χ4v) is 4.74. The number of carbonyl (C=O) groups is 1. The molecule has 21 heavy (non-hydrogen) atoms. The van der Waals surface area contributed by atoms with E-state index in [2.05, 4.69) is 15.9 Å². The molecule has 1 aromatic carbocycles. The number of rotatable bonds is 3. The molecule has 1 fully saturated rings. The zero-order valence-electron chi connectivity index (χ0n) is 12.2. The molecular weight excluding hydrogens is 358 g/mol. The van der Waals surface area contributed by atoms with Gasteiger partial charge in [-0.05, 0) is 36.5 Å². The Morgan fingerprint density at radius 1 is 1.38 bits per heavy atom. The third kappa shape index (κ3) is 3.14. The first-order chi connectivity index (χ1) is 9.54. The van der Waals surface area contributed by atoms with Gasteiger partial charge in [0.1, 0.15) is 0 Å². The Balaban J connectivity index is 2.49. The number of carboxylic acids is 1. The smallest absolute Gasteiger partial charge is 0.336 e. The summed E-state index contributed by atoms with van der Waals surface area (Å²) in [6.07, 6.45) is 0.797. The van der Waals surface area contributed by atoms with Gasteiger partial charge in [0.05, 0.1) is 10.5 Å². The van der Waals surface area contributed by atoms with Crippen LogP contribution in [0.3, 0.4) is 0 Å².